The third-order valence-electron chi connectivity index (χ3n) is 6.31. The number of nitrogens with one attached hydrogen (secondary N) is 1. The third-order valence-corrected chi connectivity index (χ3v) is 6.31. The number of fused-ring (bicyclic) bond motifs is 2. The van der Waals surface area contributed by atoms with Gasteiger partial charge in [-0.25, -0.2) is 10.2 Å². The van der Waals surface area contributed by atoms with Crippen LogP contribution in [0.3, 0.4) is 0 Å². The minimum Gasteiger partial charge on any atom is -0.494 e. The van der Waals surface area contributed by atoms with Crippen LogP contribution in [-0.4, -0.2) is 30.8 Å². The number of hydrogen-bond donors (Lipinski definition) is 1. The fraction of sp³-hybridized carbons (Fsp3) is 0.121. The first-order valence-corrected chi connectivity index (χ1v) is 13.0. The molecule has 0 heterocycles. The van der Waals surface area contributed by atoms with Gasteiger partial charge in [-0.05, 0) is 77.9 Å². The van der Waals surface area contributed by atoms with E-state index >= 15 is 0 Å². The Kier molecular flexibility index (Phi) is 8.02. The molecule has 0 aromatic heterocycles. The summed E-state index contributed by atoms with van der Waals surface area (Å²) in [5.74, 6) is 0.637. The van der Waals surface area contributed by atoms with E-state index in [0.29, 0.717) is 35.0 Å². The van der Waals surface area contributed by atoms with Crippen LogP contribution in [0.25, 0.3) is 21.5 Å². The molecule has 5 aromatic rings. The zero-order chi connectivity index (χ0) is 27.9. The predicted molar refractivity (Wildman–Crippen MR) is 156 cm³/mol. The van der Waals surface area contributed by atoms with E-state index < -0.39 is 18.0 Å². The van der Waals surface area contributed by atoms with Crippen molar-refractivity contribution < 1.29 is 23.8 Å². The maximum absolute atomic E-state index is 12.9. The minimum atomic E-state index is -0.789. The highest BCUT2D eigenvalue weighted by Gasteiger charge is 2.16. The number of amides is 1. The summed E-state index contributed by atoms with van der Waals surface area (Å²) in [5, 5.41) is 8.03. The molecular formula is C33H28N2O5. The first-order valence-electron chi connectivity index (χ1n) is 13.0. The number of rotatable bonds is 9. The summed E-state index contributed by atoms with van der Waals surface area (Å²) in [5.41, 5.74) is 3.47. The lowest BCUT2D eigenvalue weighted by molar-refractivity contribution is -0.127. The van der Waals surface area contributed by atoms with Crippen LogP contribution in [-0.2, 0) is 4.79 Å². The second-order valence-corrected chi connectivity index (χ2v) is 9.05. The Bertz CT molecular complexity index is 1700. The molecule has 0 spiro atoms. The SMILES string of the molecule is CCOc1ccc(C(=O)Oc2ccc3ccccc3c2C=NNC(=O)C(C)Oc2ccc3ccccc3c2)cc1. The normalized spacial score (nSPS) is 11.8. The number of nitrogens with zero attached hydrogens (tertiary/aromatic N) is 1. The first-order chi connectivity index (χ1) is 19.5. The van der Waals surface area contributed by atoms with Crippen molar-refractivity contribution in [3.8, 4) is 17.2 Å². The lowest BCUT2D eigenvalue weighted by Gasteiger charge is -2.14. The monoisotopic (exact) mass is 532 g/mol. The van der Waals surface area contributed by atoms with E-state index in [1.807, 2.05) is 79.7 Å². The van der Waals surface area contributed by atoms with Crippen LogP contribution < -0.4 is 19.6 Å². The molecule has 5 rings (SSSR count). The fourth-order valence-corrected chi connectivity index (χ4v) is 4.26. The van der Waals surface area contributed by atoms with Crippen molar-refractivity contribution in [3.63, 3.8) is 0 Å². The van der Waals surface area contributed by atoms with Crippen molar-refractivity contribution in [1.82, 2.24) is 5.43 Å². The van der Waals surface area contributed by atoms with Gasteiger partial charge in [0.2, 0.25) is 0 Å². The molecule has 0 saturated heterocycles. The second kappa shape index (κ2) is 12.1. The van der Waals surface area contributed by atoms with E-state index in [4.69, 9.17) is 14.2 Å². The molecule has 1 atom stereocenters. The van der Waals surface area contributed by atoms with Crippen LogP contribution in [0, 0.1) is 0 Å². The molecule has 0 aliphatic rings. The summed E-state index contributed by atoms with van der Waals surface area (Å²) < 4.78 is 17.0. The molecule has 0 radical (unpaired) electrons. The van der Waals surface area contributed by atoms with Crippen LogP contribution in [0.5, 0.6) is 17.2 Å². The predicted octanol–water partition coefficient (Wildman–Crippen LogP) is 6.53. The highest BCUT2D eigenvalue weighted by molar-refractivity contribution is 6.04. The molecule has 0 aliphatic carbocycles. The quantitative estimate of drug-likeness (QED) is 0.101. The van der Waals surface area contributed by atoms with Crippen molar-refractivity contribution in [2.75, 3.05) is 6.61 Å². The molecule has 200 valence electrons. The zero-order valence-corrected chi connectivity index (χ0v) is 22.2. The third kappa shape index (κ3) is 6.10. The summed E-state index contributed by atoms with van der Waals surface area (Å²) in [7, 11) is 0. The summed E-state index contributed by atoms with van der Waals surface area (Å²) in [6.45, 7) is 4.09. The van der Waals surface area contributed by atoms with Crippen molar-refractivity contribution in [2.45, 2.75) is 20.0 Å². The number of benzene rings is 5. The zero-order valence-electron chi connectivity index (χ0n) is 22.2. The van der Waals surface area contributed by atoms with Gasteiger partial charge < -0.3 is 14.2 Å². The largest absolute Gasteiger partial charge is 0.494 e. The summed E-state index contributed by atoms with van der Waals surface area (Å²) in [4.78, 5) is 25.6. The summed E-state index contributed by atoms with van der Waals surface area (Å²) in [6, 6.07) is 31.6. The molecule has 0 bridgehead atoms. The Morgan fingerprint density at radius 2 is 1.50 bits per heavy atom. The van der Waals surface area contributed by atoms with Crippen LogP contribution in [0.2, 0.25) is 0 Å². The molecule has 1 N–H and O–H groups in total. The average molecular weight is 533 g/mol. The second-order valence-electron chi connectivity index (χ2n) is 9.05. The van der Waals surface area contributed by atoms with Gasteiger partial charge in [0.1, 0.15) is 17.2 Å². The highest BCUT2D eigenvalue weighted by atomic mass is 16.5. The van der Waals surface area contributed by atoms with Gasteiger partial charge in [-0.2, -0.15) is 5.10 Å². The Morgan fingerprint density at radius 1 is 0.825 bits per heavy atom. The van der Waals surface area contributed by atoms with Crippen LogP contribution in [0.4, 0.5) is 0 Å². The molecular weight excluding hydrogens is 504 g/mol. The number of ether oxygens (including phenoxy) is 3. The minimum absolute atomic E-state index is 0.316. The number of hydrazone groups is 1. The molecule has 7 nitrogen and oxygen atoms in total. The van der Waals surface area contributed by atoms with E-state index in [2.05, 4.69) is 10.5 Å². The van der Waals surface area contributed by atoms with Gasteiger partial charge in [0.15, 0.2) is 6.10 Å². The maximum atomic E-state index is 12.9. The Hall–Kier alpha value is -5.17. The Labute approximate surface area is 232 Å². The van der Waals surface area contributed by atoms with Crippen molar-refractivity contribution in [1.29, 1.82) is 0 Å². The first kappa shape index (κ1) is 26.4. The van der Waals surface area contributed by atoms with Gasteiger partial charge in [0.25, 0.3) is 5.91 Å². The van der Waals surface area contributed by atoms with E-state index in [1.165, 1.54) is 6.21 Å². The summed E-state index contributed by atoms with van der Waals surface area (Å²) >= 11 is 0. The van der Waals surface area contributed by atoms with Gasteiger partial charge in [0, 0.05) is 5.56 Å². The van der Waals surface area contributed by atoms with Crippen LogP contribution >= 0.6 is 0 Å². The molecule has 0 fully saturated rings. The van der Waals surface area contributed by atoms with E-state index in [9.17, 15) is 9.59 Å². The number of esters is 1. The Morgan fingerprint density at radius 3 is 2.27 bits per heavy atom. The molecule has 5 aromatic carbocycles. The summed E-state index contributed by atoms with van der Waals surface area (Å²) in [6.07, 6.45) is 0.687. The molecule has 0 saturated carbocycles. The standard InChI is InChI=1S/C33H28N2O5/c1-3-38-27-16-13-25(14-17-27)33(37)40-31-19-15-24-9-6-7-11-29(24)30(31)21-34-35-32(36)22(2)39-28-18-12-23-8-4-5-10-26(23)20-28/h4-22H,3H2,1-2H3,(H,35,36). The average Bonchev–Trinajstić information content (AvgIpc) is 2.98. The number of hydrogen-bond acceptors (Lipinski definition) is 6. The van der Waals surface area contributed by atoms with Gasteiger partial charge in [-0.15, -0.1) is 0 Å². The lowest BCUT2D eigenvalue weighted by Crippen LogP contribution is -2.33. The van der Waals surface area contributed by atoms with Crippen molar-refractivity contribution in [3.05, 3.63) is 114 Å². The van der Waals surface area contributed by atoms with Gasteiger partial charge in [-0.1, -0.05) is 60.7 Å². The molecule has 1 amide bonds. The smallest absolute Gasteiger partial charge is 0.343 e. The number of carbonyl (C=O) groups is 2. The van der Waals surface area contributed by atoms with Gasteiger partial charge in [0.05, 0.1) is 18.4 Å². The maximum Gasteiger partial charge on any atom is 0.343 e. The van der Waals surface area contributed by atoms with Gasteiger partial charge >= 0.3 is 5.97 Å². The van der Waals surface area contributed by atoms with E-state index in [-0.39, 0.29) is 0 Å². The lowest BCUT2D eigenvalue weighted by atomic mass is 10.0. The van der Waals surface area contributed by atoms with Crippen LogP contribution in [0.1, 0.15) is 29.8 Å². The fourth-order valence-electron chi connectivity index (χ4n) is 4.26. The molecule has 7 heteroatoms. The molecule has 1 unspecified atom stereocenters. The Balaban J connectivity index is 1.31. The molecule has 0 aliphatic heterocycles. The van der Waals surface area contributed by atoms with Gasteiger partial charge in [-0.3, -0.25) is 4.79 Å². The van der Waals surface area contributed by atoms with Crippen molar-refractivity contribution in [2.24, 2.45) is 5.10 Å². The van der Waals surface area contributed by atoms with E-state index in [0.717, 1.165) is 21.5 Å². The van der Waals surface area contributed by atoms with Crippen LogP contribution in [0.15, 0.2) is 108 Å². The molecule has 40 heavy (non-hydrogen) atoms. The van der Waals surface area contributed by atoms with E-state index in [1.54, 1.807) is 37.3 Å². The topological polar surface area (TPSA) is 86.2 Å². The van der Waals surface area contributed by atoms with Crippen molar-refractivity contribution >= 4 is 39.6 Å². The highest BCUT2D eigenvalue weighted by Crippen LogP contribution is 2.28. The number of carbonyl (C=O) groups excluding carboxylic acids is 2.